The van der Waals surface area contributed by atoms with E-state index >= 15 is 0 Å². The van der Waals surface area contributed by atoms with Gasteiger partial charge in [-0.15, -0.1) is 23.2 Å². The second kappa shape index (κ2) is 9.72. The van der Waals surface area contributed by atoms with Crippen LogP contribution in [0.15, 0.2) is 97.1 Å². The summed E-state index contributed by atoms with van der Waals surface area (Å²) in [5.41, 5.74) is 4.66. The van der Waals surface area contributed by atoms with Gasteiger partial charge in [-0.05, 0) is 71.1 Å². The third kappa shape index (κ3) is 3.82. The number of ether oxygens (including phenoxy) is 1. The molecule has 0 radical (unpaired) electrons. The molecular weight excluding hydrogens is 571 g/mol. The third-order valence-corrected chi connectivity index (χ3v) is 9.89. The maximum Gasteiger partial charge on any atom is 0.235 e. The van der Waals surface area contributed by atoms with Crippen molar-refractivity contribution in [1.29, 1.82) is 0 Å². The van der Waals surface area contributed by atoms with Crippen molar-refractivity contribution >= 4 is 46.6 Å². The van der Waals surface area contributed by atoms with E-state index in [0.717, 1.165) is 33.6 Å². The summed E-state index contributed by atoms with van der Waals surface area (Å²) in [6.45, 7) is 1.92. The van der Waals surface area contributed by atoms with Gasteiger partial charge in [0.05, 0.1) is 11.8 Å². The van der Waals surface area contributed by atoms with Gasteiger partial charge in [0.25, 0.3) is 0 Å². The Morgan fingerprint density at radius 1 is 0.762 bits per heavy atom. The van der Waals surface area contributed by atoms with Crippen molar-refractivity contribution in [3.63, 3.8) is 0 Å². The fourth-order valence-electron chi connectivity index (χ4n) is 6.80. The number of aryl methyl sites for hydroxylation is 1. The molecule has 3 aliphatic carbocycles. The molecule has 1 fully saturated rings. The van der Waals surface area contributed by atoms with Crippen LogP contribution in [0.25, 0.3) is 0 Å². The van der Waals surface area contributed by atoms with Crippen molar-refractivity contribution in [3.8, 4) is 11.5 Å². The summed E-state index contributed by atoms with van der Waals surface area (Å²) in [6.07, 6.45) is -0.0665. The zero-order valence-electron chi connectivity index (χ0n) is 22.6. The molecule has 8 heteroatoms. The van der Waals surface area contributed by atoms with Crippen molar-refractivity contribution in [2.75, 3.05) is 11.9 Å². The van der Waals surface area contributed by atoms with Gasteiger partial charge < -0.3 is 10.1 Å². The van der Waals surface area contributed by atoms with Crippen molar-refractivity contribution in [2.45, 2.75) is 23.1 Å². The minimum Gasteiger partial charge on any atom is -0.457 e. The standard InChI is InChI=1S/C34H26Cl2N2O4/c1-20-7-6-8-23(19-20)42-22-15-13-21(14-16-22)37-28(39)17-18-38-31(40)29-30(32(38)41)34(36)25-10-3-2-9-24(25)33(29,35)26-11-4-5-12-27(26)34/h2-16,19,29-30H,17-18H2,1H3,(H,37,39)/t29-,30-,33?,34?/m1/s1. The number of nitrogens with zero attached hydrogens (tertiary/aromatic N) is 1. The normalized spacial score (nSPS) is 25.1. The maximum absolute atomic E-state index is 13.9. The molecule has 1 N–H and O–H groups in total. The minimum atomic E-state index is -1.24. The highest BCUT2D eigenvalue weighted by atomic mass is 35.5. The fraction of sp³-hybridized carbons (Fsp3) is 0.206. The highest BCUT2D eigenvalue weighted by Crippen LogP contribution is 2.69. The van der Waals surface area contributed by atoms with Gasteiger partial charge in [0.1, 0.15) is 21.2 Å². The van der Waals surface area contributed by atoms with Gasteiger partial charge in [-0.1, -0.05) is 60.7 Å². The second-order valence-corrected chi connectivity index (χ2v) is 12.2. The van der Waals surface area contributed by atoms with Gasteiger partial charge in [0.2, 0.25) is 17.7 Å². The van der Waals surface area contributed by atoms with E-state index in [1.165, 1.54) is 4.90 Å². The van der Waals surface area contributed by atoms with Gasteiger partial charge in [0, 0.05) is 18.7 Å². The molecule has 6 nitrogen and oxygen atoms in total. The number of anilines is 1. The number of hydrogen-bond donors (Lipinski definition) is 1. The Hall–Kier alpha value is -4.13. The molecule has 0 saturated carbocycles. The van der Waals surface area contributed by atoms with Crippen LogP contribution in [-0.2, 0) is 24.1 Å². The fourth-order valence-corrected chi connectivity index (χ4v) is 7.90. The first-order chi connectivity index (χ1) is 20.2. The molecule has 0 spiro atoms. The number of hydrogen-bond acceptors (Lipinski definition) is 4. The van der Waals surface area contributed by atoms with Crippen LogP contribution in [0.1, 0.15) is 34.2 Å². The summed E-state index contributed by atoms with van der Waals surface area (Å²) in [7, 11) is 0. The Morgan fingerprint density at radius 2 is 1.29 bits per heavy atom. The van der Waals surface area contributed by atoms with Crippen LogP contribution in [0.4, 0.5) is 5.69 Å². The first kappa shape index (κ1) is 26.7. The lowest BCUT2D eigenvalue weighted by Crippen LogP contribution is -2.57. The zero-order chi connectivity index (χ0) is 29.2. The molecule has 1 heterocycles. The second-order valence-electron chi connectivity index (χ2n) is 11.0. The number of carbonyl (C=O) groups excluding carboxylic acids is 3. The van der Waals surface area contributed by atoms with E-state index in [2.05, 4.69) is 5.32 Å². The highest BCUT2D eigenvalue weighted by Gasteiger charge is 2.72. The lowest BCUT2D eigenvalue weighted by Gasteiger charge is -2.54. The number of likely N-dealkylation sites (tertiary alicyclic amines) is 1. The maximum atomic E-state index is 13.9. The van der Waals surface area contributed by atoms with Crippen molar-refractivity contribution in [2.24, 2.45) is 11.8 Å². The van der Waals surface area contributed by atoms with Crippen LogP contribution in [0.5, 0.6) is 11.5 Å². The number of carbonyl (C=O) groups is 3. The van der Waals surface area contributed by atoms with E-state index in [-0.39, 0.29) is 18.9 Å². The van der Waals surface area contributed by atoms with Crippen molar-refractivity contribution in [3.05, 3.63) is 125 Å². The molecule has 42 heavy (non-hydrogen) atoms. The molecule has 3 amide bonds. The molecule has 4 aromatic rings. The van der Waals surface area contributed by atoms with Crippen LogP contribution >= 0.6 is 23.2 Å². The molecule has 1 aliphatic heterocycles. The van der Waals surface area contributed by atoms with E-state index in [4.69, 9.17) is 27.9 Å². The third-order valence-electron chi connectivity index (χ3n) is 8.60. The molecule has 210 valence electrons. The number of rotatable bonds is 6. The van der Waals surface area contributed by atoms with Crippen LogP contribution in [-0.4, -0.2) is 29.2 Å². The molecule has 4 aliphatic rings. The average Bonchev–Trinajstić information content (AvgIpc) is 3.26. The Bertz CT molecular complexity index is 1650. The number of nitrogens with one attached hydrogen (secondary N) is 1. The van der Waals surface area contributed by atoms with E-state index in [0.29, 0.717) is 11.4 Å². The molecule has 2 atom stereocenters. The largest absolute Gasteiger partial charge is 0.457 e. The van der Waals surface area contributed by atoms with E-state index in [1.54, 1.807) is 24.3 Å². The van der Waals surface area contributed by atoms with Crippen molar-refractivity contribution < 1.29 is 19.1 Å². The van der Waals surface area contributed by atoms with E-state index < -0.39 is 33.4 Å². The first-order valence-electron chi connectivity index (χ1n) is 13.8. The SMILES string of the molecule is Cc1cccc(Oc2ccc(NC(=O)CCN3C(=O)[C@H]4[C@H](C3=O)C3(Cl)c5ccccc5C4(Cl)c4ccccc43)cc2)c1. The van der Waals surface area contributed by atoms with Crippen molar-refractivity contribution in [1.82, 2.24) is 4.90 Å². The summed E-state index contributed by atoms with van der Waals surface area (Å²) >= 11 is 14.9. The first-order valence-corrected chi connectivity index (χ1v) is 14.6. The number of benzene rings is 4. The predicted molar refractivity (Wildman–Crippen MR) is 161 cm³/mol. The number of halogens is 2. The van der Waals surface area contributed by atoms with Gasteiger partial charge in [-0.3, -0.25) is 19.3 Å². The summed E-state index contributed by atoms with van der Waals surface area (Å²) in [4.78, 5) is 39.4. The quantitative estimate of drug-likeness (QED) is 0.198. The smallest absolute Gasteiger partial charge is 0.235 e. The lowest BCUT2D eigenvalue weighted by atomic mass is 9.54. The summed E-state index contributed by atoms with van der Waals surface area (Å²) in [5, 5.41) is 2.84. The van der Waals surface area contributed by atoms with Crippen LogP contribution < -0.4 is 10.1 Å². The van der Waals surface area contributed by atoms with Gasteiger partial charge >= 0.3 is 0 Å². The molecule has 1 saturated heterocycles. The van der Waals surface area contributed by atoms with Crippen LogP contribution in [0, 0.1) is 18.8 Å². The molecule has 2 bridgehead atoms. The van der Waals surface area contributed by atoms with Crippen LogP contribution in [0.2, 0.25) is 0 Å². The summed E-state index contributed by atoms with van der Waals surface area (Å²) in [5.74, 6) is -1.52. The number of amides is 3. The van der Waals surface area contributed by atoms with Gasteiger partial charge in [-0.2, -0.15) is 0 Å². The Balaban J connectivity index is 1.08. The van der Waals surface area contributed by atoms with Crippen LogP contribution in [0.3, 0.4) is 0 Å². The van der Waals surface area contributed by atoms with Gasteiger partial charge in [0.15, 0.2) is 0 Å². The molecule has 0 aromatic heterocycles. The van der Waals surface area contributed by atoms with E-state index in [9.17, 15) is 14.4 Å². The summed E-state index contributed by atoms with van der Waals surface area (Å²) in [6, 6.07) is 29.8. The Morgan fingerprint density at radius 3 is 1.79 bits per heavy atom. The topological polar surface area (TPSA) is 75.7 Å². The summed E-state index contributed by atoms with van der Waals surface area (Å²) < 4.78 is 5.87. The average molecular weight is 597 g/mol. The molecule has 4 aromatic carbocycles. The molecule has 8 rings (SSSR count). The van der Waals surface area contributed by atoms with E-state index in [1.807, 2.05) is 79.7 Å². The number of alkyl halides is 2. The molecular formula is C34H26Cl2N2O4. The van der Waals surface area contributed by atoms with Gasteiger partial charge in [-0.25, -0.2) is 0 Å². The highest BCUT2D eigenvalue weighted by molar-refractivity contribution is 6.36. The lowest BCUT2D eigenvalue weighted by molar-refractivity contribution is -0.140. The Kier molecular flexibility index (Phi) is 6.19. The monoisotopic (exact) mass is 596 g/mol. The minimum absolute atomic E-state index is 0.0665. The molecule has 0 unspecified atom stereocenters. The Labute approximate surface area is 253 Å². The predicted octanol–water partition coefficient (Wildman–Crippen LogP) is 6.71. The number of imide groups is 1. The zero-order valence-corrected chi connectivity index (χ0v) is 24.2.